The quantitative estimate of drug-likeness (QED) is 0.879. The van der Waals surface area contributed by atoms with Gasteiger partial charge in [0.2, 0.25) is 0 Å². The van der Waals surface area contributed by atoms with Gasteiger partial charge in [0.15, 0.2) is 0 Å². The van der Waals surface area contributed by atoms with Crippen LogP contribution in [0.2, 0.25) is 0 Å². The van der Waals surface area contributed by atoms with Crippen LogP contribution in [0, 0.1) is 11.8 Å². The fourth-order valence-electron chi connectivity index (χ4n) is 2.99. The van der Waals surface area contributed by atoms with Gasteiger partial charge >= 0.3 is 0 Å². The van der Waals surface area contributed by atoms with Gasteiger partial charge in [0.25, 0.3) is 5.91 Å². The van der Waals surface area contributed by atoms with Crippen LogP contribution < -0.4 is 10.6 Å². The average Bonchev–Trinajstić information content (AvgIpc) is 2.81. The molecule has 1 aromatic carbocycles. The Bertz CT molecular complexity index is 482. The van der Waals surface area contributed by atoms with Gasteiger partial charge in [-0.3, -0.25) is 4.79 Å². The Labute approximate surface area is 126 Å². The van der Waals surface area contributed by atoms with Gasteiger partial charge in [-0.25, -0.2) is 0 Å². The molecule has 3 nitrogen and oxygen atoms in total. The molecule has 0 spiro atoms. The number of hydrogen-bond acceptors (Lipinski definition) is 2. The third-order valence-corrected chi connectivity index (χ3v) is 4.40. The molecule has 4 heteroatoms. The van der Waals surface area contributed by atoms with Gasteiger partial charge < -0.3 is 10.6 Å². The minimum atomic E-state index is 0. The van der Waals surface area contributed by atoms with Gasteiger partial charge in [-0.15, -0.1) is 12.4 Å². The van der Waals surface area contributed by atoms with Crippen LogP contribution in [0.15, 0.2) is 24.3 Å². The zero-order valence-electron chi connectivity index (χ0n) is 12.3. The van der Waals surface area contributed by atoms with Crippen LogP contribution in [-0.4, -0.2) is 25.0 Å². The lowest BCUT2D eigenvalue weighted by atomic mass is 9.87. The monoisotopic (exact) mass is 294 g/mol. The van der Waals surface area contributed by atoms with Crippen molar-refractivity contribution in [2.75, 3.05) is 13.1 Å². The number of carbonyl (C=O) groups is 1. The minimum absolute atomic E-state index is 0. The van der Waals surface area contributed by atoms with E-state index < -0.39 is 0 Å². The van der Waals surface area contributed by atoms with E-state index in [-0.39, 0.29) is 23.7 Å². The summed E-state index contributed by atoms with van der Waals surface area (Å²) in [5.41, 5.74) is 2.16. The van der Waals surface area contributed by atoms with Crippen molar-refractivity contribution < 1.29 is 4.79 Å². The van der Waals surface area contributed by atoms with Crippen molar-refractivity contribution in [1.29, 1.82) is 0 Å². The first kappa shape index (κ1) is 15.3. The molecule has 0 bridgehead atoms. The van der Waals surface area contributed by atoms with Crippen molar-refractivity contribution >= 4 is 18.3 Å². The largest absolute Gasteiger partial charge is 0.349 e. The molecule has 2 aliphatic rings. The molecule has 110 valence electrons. The molecule has 0 aromatic heterocycles. The first-order valence-electron chi connectivity index (χ1n) is 7.09. The van der Waals surface area contributed by atoms with Crippen LogP contribution in [0.4, 0.5) is 0 Å². The number of piperidine rings is 1. The van der Waals surface area contributed by atoms with Crippen LogP contribution in [0.1, 0.15) is 36.7 Å². The maximum Gasteiger partial charge on any atom is 0.251 e. The fourth-order valence-corrected chi connectivity index (χ4v) is 2.99. The summed E-state index contributed by atoms with van der Waals surface area (Å²) in [6, 6.07) is 8.39. The number of amides is 1. The number of hydrogen-bond donors (Lipinski definition) is 2. The zero-order chi connectivity index (χ0) is 13.6. The van der Waals surface area contributed by atoms with Crippen LogP contribution >= 0.6 is 12.4 Å². The van der Waals surface area contributed by atoms with Crippen molar-refractivity contribution in [2.45, 2.75) is 32.2 Å². The molecule has 1 aromatic rings. The molecule has 3 rings (SSSR count). The second kappa shape index (κ2) is 5.38. The first-order valence-corrected chi connectivity index (χ1v) is 7.09. The van der Waals surface area contributed by atoms with E-state index in [1.165, 1.54) is 5.56 Å². The lowest BCUT2D eigenvalue weighted by molar-refractivity contribution is 0.0946. The van der Waals surface area contributed by atoms with Crippen LogP contribution in [-0.2, 0) is 5.41 Å². The Kier molecular flexibility index (Phi) is 4.12. The van der Waals surface area contributed by atoms with Crippen molar-refractivity contribution in [3.63, 3.8) is 0 Å². The molecular weight excluding hydrogens is 272 g/mol. The Balaban J connectivity index is 0.00000147. The van der Waals surface area contributed by atoms with Crippen molar-refractivity contribution in [2.24, 2.45) is 11.8 Å². The highest BCUT2D eigenvalue weighted by atomic mass is 35.5. The number of rotatable bonds is 2. The summed E-state index contributed by atoms with van der Waals surface area (Å²) >= 11 is 0. The van der Waals surface area contributed by atoms with Gasteiger partial charge in [0.1, 0.15) is 0 Å². The van der Waals surface area contributed by atoms with Gasteiger partial charge in [-0.1, -0.05) is 32.9 Å². The average molecular weight is 295 g/mol. The molecule has 2 atom stereocenters. The maximum atomic E-state index is 12.2. The topological polar surface area (TPSA) is 41.1 Å². The second-order valence-corrected chi connectivity index (χ2v) is 6.81. The zero-order valence-corrected chi connectivity index (χ0v) is 13.1. The van der Waals surface area contributed by atoms with Crippen molar-refractivity contribution in [3.05, 3.63) is 35.4 Å². The smallest absolute Gasteiger partial charge is 0.251 e. The summed E-state index contributed by atoms with van der Waals surface area (Å²) in [4.78, 5) is 12.2. The van der Waals surface area contributed by atoms with Crippen molar-refractivity contribution in [3.8, 4) is 0 Å². The van der Waals surface area contributed by atoms with E-state index in [0.717, 1.165) is 18.7 Å². The number of fused-ring (bicyclic) bond motifs is 1. The highest BCUT2D eigenvalue weighted by Gasteiger charge is 2.53. The summed E-state index contributed by atoms with van der Waals surface area (Å²) in [7, 11) is 0. The lowest BCUT2D eigenvalue weighted by Crippen LogP contribution is -2.32. The molecule has 0 radical (unpaired) electrons. The molecule has 1 aliphatic carbocycles. The number of halogens is 1. The fraction of sp³-hybridized carbons (Fsp3) is 0.562. The molecule has 1 saturated heterocycles. The van der Waals surface area contributed by atoms with E-state index in [4.69, 9.17) is 0 Å². The second-order valence-electron chi connectivity index (χ2n) is 6.81. The summed E-state index contributed by atoms with van der Waals surface area (Å²) in [5, 5.41) is 6.49. The van der Waals surface area contributed by atoms with E-state index in [2.05, 4.69) is 43.5 Å². The molecule has 2 unspecified atom stereocenters. The summed E-state index contributed by atoms with van der Waals surface area (Å²) < 4.78 is 0. The highest BCUT2D eigenvalue weighted by Crippen LogP contribution is 2.41. The number of nitrogens with one attached hydrogen (secondary N) is 2. The lowest BCUT2D eigenvalue weighted by Gasteiger charge is -2.19. The molecule has 1 aliphatic heterocycles. The Morgan fingerprint density at radius 3 is 2.20 bits per heavy atom. The molecule has 1 heterocycles. The van der Waals surface area contributed by atoms with Gasteiger partial charge in [0, 0.05) is 24.7 Å². The van der Waals surface area contributed by atoms with Crippen LogP contribution in [0.3, 0.4) is 0 Å². The van der Waals surface area contributed by atoms with Gasteiger partial charge in [-0.05, 0) is 34.9 Å². The van der Waals surface area contributed by atoms with E-state index in [1.807, 2.05) is 12.1 Å². The Hall–Kier alpha value is -1.06. The molecule has 2 N–H and O–H groups in total. The predicted molar refractivity (Wildman–Crippen MR) is 83.5 cm³/mol. The molecule has 1 saturated carbocycles. The molecular formula is C16H23ClN2O. The van der Waals surface area contributed by atoms with Gasteiger partial charge in [-0.2, -0.15) is 0 Å². The number of benzene rings is 1. The number of carbonyl (C=O) groups excluding carboxylic acids is 1. The van der Waals surface area contributed by atoms with Crippen LogP contribution in [0.5, 0.6) is 0 Å². The standard InChI is InChI=1S/C16H22N2O.ClH/c1-16(2,3)11-6-4-10(5-7-11)15(19)18-14-12-8-17-9-13(12)14;/h4-7,12-14,17H,8-9H2,1-3H3,(H,18,19);1H. The van der Waals surface area contributed by atoms with E-state index in [9.17, 15) is 4.79 Å². The SMILES string of the molecule is CC(C)(C)c1ccc(C(=O)NC2C3CNCC32)cc1.Cl. The van der Waals surface area contributed by atoms with E-state index in [1.54, 1.807) is 0 Å². The summed E-state index contributed by atoms with van der Waals surface area (Å²) in [6.45, 7) is 8.65. The third-order valence-electron chi connectivity index (χ3n) is 4.40. The summed E-state index contributed by atoms with van der Waals surface area (Å²) in [6.07, 6.45) is 0. The van der Waals surface area contributed by atoms with Crippen LogP contribution in [0.25, 0.3) is 0 Å². The Morgan fingerprint density at radius 1 is 1.15 bits per heavy atom. The predicted octanol–water partition coefficient (Wildman–Crippen LogP) is 2.35. The first-order chi connectivity index (χ1) is 8.97. The minimum Gasteiger partial charge on any atom is -0.349 e. The van der Waals surface area contributed by atoms with Crippen molar-refractivity contribution in [1.82, 2.24) is 10.6 Å². The Morgan fingerprint density at radius 2 is 1.70 bits per heavy atom. The molecule has 1 amide bonds. The highest BCUT2D eigenvalue weighted by molar-refractivity contribution is 5.94. The maximum absolute atomic E-state index is 12.2. The summed E-state index contributed by atoms with van der Waals surface area (Å²) in [5.74, 6) is 1.40. The normalized spacial score (nSPS) is 27.4. The van der Waals surface area contributed by atoms with Gasteiger partial charge in [0.05, 0.1) is 0 Å². The van der Waals surface area contributed by atoms with E-state index in [0.29, 0.717) is 17.9 Å². The molecule has 20 heavy (non-hydrogen) atoms. The molecule has 2 fully saturated rings. The third kappa shape index (κ3) is 2.84. The van der Waals surface area contributed by atoms with E-state index >= 15 is 0 Å².